The third-order valence-electron chi connectivity index (χ3n) is 3.22. The third-order valence-corrected chi connectivity index (χ3v) is 3.22. The molecule has 0 spiro atoms. The molecule has 2 rings (SSSR count). The van der Waals surface area contributed by atoms with Crippen LogP contribution in [-0.2, 0) is 10.9 Å². The van der Waals surface area contributed by atoms with Crippen LogP contribution in [0.4, 0.5) is 13.2 Å². The van der Waals surface area contributed by atoms with E-state index in [4.69, 9.17) is 4.74 Å². The van der Waals surface area contributed by atoms with Crippen molar-refractivity contribution in [1.29, 1.82) is 0 Å². The molecule has 1 aromatic carbocycles. The molecule has 0 atom stereocenters. The second-order valence-corrected chi connectivity index (χ2v) is 6.91. The summed E-state index contributed by atoms with van der Waals surface area (Å²) in [6.07, 6.45) is -3.93. The number of aryl methyl sites for hydroxylation is 2. The molecule has 0 amide bonds. The van der Waals surface area contributed by atoms with Crippen LogP contribution < -0.4 is 0 Å². The predicted octanol–water partition coefficient (Wildman–Crippen LogP) is 7.04. The van der Waals surface area contributed by atoms with E-state index >= 15 is 0 Å². The van der Waals surface area contributed by atoms with Crippen molar-refractivity contribution in [3.63, 3.8) is 0 Å². The monoisotopic (exact) mass is 359 g/mol. The van der Waals surface area contributed by atoms with Crippen molar-refractivity contribution in [3.8, 4) is 0 Å². The zero-order chi connectivity index (χ0) is 20.0. The number of H-pyrrole nitrogens is 1. The van der Waals surface area contributed by atoms with Gasteiger partial charge in [0.2, 0.25) is 0 Å². The van der Waals surface area contributed by atoms with Gasteiger partial charge in [-0.25, -0.2) is 0 Å². The van der Waals surface area contributed by atoms with E-state index in [1.54, 1.807) is 0 Å². The van der Waals surface area contributed by atoms with Gasteiger partial charge in [0.1, 0.15) is 0 Å². The Hall–Kier alpha value is -1.49. The van der Waals surface area contributed by atoms with E-state index < -0.39 is 11.7 Å². The first-order chi connectivity index (χ1) is 11.3. The molecule has 0 aliphatic rings. The van der Waals surface area contributed by atoms with E-state index in [0.717, 1.165) is 22.8 Å². The van der Waals surface area contributed by atoms with Crippen LogP contribution in [-0.4, -0.2) is 16.7 Å². The minimum absolute atomic E-state index is 0.0220. The second-order valence-electron chi connectivity index (χ2n) is 6.91. The number of alkyl halides is 3. The van der Waals surface area contributed by atoms with Crippen molar-refractivity contribution in [3.05, 3.63) is 35.0 Å². The van der Waals surface area contributed by atoms with Gasteiger partial charge in [-0.2, -0.15) is 13.2 Å². The maximum atomic E-state index is 12.4. The highest BCUT2D eigenvalue weighted by Crippen LogP contribution is 2.32. The molecule has 1 N–H and O–H groups in total. The third kappa shape index (κ3) is 7.95. The van der Waals surface area contributed by atoms with Crippen LogP contribution in [0.3, 0.4) is 0 Å². The Morgan fingerprint density at radius 1 is 1.00 bits per heavy atom. The van der Waals surface area contributed by atoms with E-state index in [-0.39, 0.29) is 5.60 Å². The molecule has 0 aliphatic carbocycles. The Morgan fingerprint density at radius 3 is 1.88 bits per heavy atom. The summed E-state index contributed by atoms with van der Waals surface area (Å²) in [5.41, 5.74) is 1.95. The molecule has 144 valence electrons. The molecular formula is C20H32F3NO. The molecule has 1 heterocycles. The molecule has 0 aliphatic heterocycles. The quantitative estimate of drug-likeness (QED) is 0.580. The number of benzene rings is 1. The molecule has 0 radical (unpaired) electrons. The zero-order valence-corrected chi connectivity index (χ0v) is 16.9. The molecule has 0 fully saturated rings. The summed E-state index contributed by atoms with van der Waals surface area (Å²) in [4.78, 5) is 3.04. The summed E-state index contributed by atoms with van der Waals surface area (Å²) < 4.78 is 42.8. The summed E-state index contributed by atoms with van der Waals surface area (Å²) >= 11 is 0. The summed E-state index contributed by atoms with van der Waals surface area (Å²) in [7, 11) is 0. The van der Waals surface area contributed by atoms with Crippen molar-refractivity contribution in [2.75, 3.05) is 0 Å². The Balaban J connectivity index is 0.000000493. The smallest absolute Gasteiger partial charge is 0.373 e. The van der Waals surface area contributed by atoms with Gasteiger partial charge in [-0.15, -0.1) is 0 Å². The highest BCUT2D eigenvalue weighted by atomic mass is 19.4. The van der Waals surface area contributed by atoms with Crippen molar-refractivity contribution in [2.24, 2.45) is 0 Å². The van der Waals surface area contributed by atoms with Gasteiger partial charge in [0, 0.05) is 16.6 Å². The lowest BCUT2D eigenvalue weighted by atomic mass is 10.1. The van der Waals surface area contributed by atoms with Crippen LogP contribution in [0.5, 0.6) is 0 Å². The van der Waals surface area contributed by atoms with E-state index in [0.29, 0.717) is 11.5 Å². The molecule has 0 unspecified atom stereocenters. The molecule has 5 heteroatoms. The highest BCUT2D eigenvalue weighted by molar-refractivity contribution is 5.85. The lowest BCUT2D eigenvalue weighted by Crippen LogP contribution is -2.23. The maximum absolute atomic E-state index is 12.4. The number of hydrogen-bond donors (Lipinski definition) is 1. The molecule has 2 nitrogen and oxygen atoms in total. The van der Waals surface area contributed by atoms with Crippen LogP contribution in [0, 0.1) is 13.8 Å². The maximum Gasteiger partial charge on any atom is 0.416 e. The van der Waals surface area contributed by atoms with Crippen LogP contribution in [0.2, 0.25) is 0 Å². The fourth-order valence-electron chi connectivity index (χ4n) is 2.34. The van der Waals surface area contributed by atoms with Gasteiger partial charge in [0.25, 0.3) is 0 Å². The Morgan fingerprint density at radius 2 is 1.52 bits per heavy atom. The number of ether oxygens (including phenoxy) is 1. The van der Waals surface area contributed by atoms with Gasteiger partial charge in [-0.05, 0) is 72.2 Å². The first-order valence-electron chi connectivity index (χ1n) is 8.65. The fraction of sp³-hybridized carbons (Fsp3) is 0.600. The highest BCUT2D eigenvalue weighted by Gasteiger charge is 2.30. The van der Waals surface area contributed by atoms with Gasteiger partial charge >= 0.3 is 6.18 Å². The average Bonchev–Trinajstić information content (AvgIpc) is 2.73. The second kappa shape index (κ2) is 9.27. The van der Waals surface area contributed by atoms with E-state index in [2.05, 4.69) is 25.8 Å². The van der Waals surface area contributed by atoms with Gasteiger partial charge in [-0.3, -0.25) is 0 Å². The van der Waals surface area contributed by atoms with E-state index in [1.807, 2.05) is 41.5 Å². The number of aromatic amines is 1. The van der Waals surface area contributed by atoms with Crippen LogP contribution in [0.15, 0.2) is 18.2 Å². The number of aromatic nitrogens is 1. The SMILES string of the molecule is CC.CC(C)OC(C)(C)C.Cc1[nH]c2ccc(C(F)(F)F)cc2c1C. The summed E-state index contributed by atoms with van der Waals surface area (Å²) in [5, 5.41) is 0.641. The van der Waals surface area contributed by atoms with Crippen molar-refractivity contribution >= 4 is 10.9 Å². The number of hydrogen-bond acceptors (Lipinski definition) is 1. The Kier molecular flexibility index (Phi) is 8.72. The zero-order valence-electron chi connectivity index (χ0n) is 16.9. The first-order valence-corrected chi connectivity index (χ1v) is 8.65. The molecule has 0 saturated carbocycles. The largest absolute Gasteiger partial charge is 0.416 e. The standard InChI is InChI=1S/C11H10F3N.C7H16O.C2H6/c1-6-7(2)15-10-4-3-8(5-9(6)10)11(12,13)14;1-6(2)8-7(3,4)5;1-2/h3-5,15H,1-2H3;6H,1-5H3;1-2H3. The van der Waals surface area contributed by atoms with E-state index in [1.165, 1.54) is 12.1 Å². The van der Waals surface area contributed by atoms with Gasteiger partial charge in [0.15, 0.2) is 0 Å². The fourth-order valence-corrected chi connectivity index (χ4v) is 2.34. The van der Waals surface area contributed by atoms with Gasteiger partial charge in [0.05, 0.1) is 17.3 Å². The topological polar surface area (TPSA) is 25.0 Å². The molecule has 2 aromatic rings. The normalized spacial score (nSPS) is 11.7. The predicted molar refractivity (Wildman–Crippen MR) is 100 cm³/mol. The Bertz CT molecular complexity index is 649. The first kappa shape index (κ1) is 23.5. The van der Waals surface area contributed by atoms with Crippen molar-refractivity contribution in [1.82, 2.24) is 4.98 Å². The van der Waals surface area contributed by atoms with Crippen molar-refractivity contribution in [2.45, 2.75) is 80.2 Å². The molecule has 0 saturated heterocycles. The summed E-state index contributed by atoms with van der Waals surface area (Å²) in [6, 6.07) is 3.75. The van der Waals surface area contributed by atoms with Gasteiger partial charge < -0.3 is 9.72 Å². The lowest BCUT2D eigenvalue weighted by molar-refractivity contribution is -0.137. The minimum Gasteiger partial charge on any atom is -0.373 e. The Labute approximate surface area is 149 Å². The minimum atomic E-state index is -4.27. The number of nitrogens with one attached hydrogen (secondary N) is 1. The summed E-state index contributed by atoms with van der Waals surface area (Å²) in [6.45, 7) is 17.9. The van der Waals surface area contributed by atoms with Crippen LogP contribution >= 0.6 is 0 Å². The molecule has 1 aromatic heterocycles. The lowest BCUT2D eigenvalue weighted by Gasteiger charge is -2.22. The van der Waals surface area contributed by atoms with Crippen molar-refractivity contribution < 1.29 is 17.9 Å². The molecular weight excluding hydrogens is 327 g/mol. The summed E-state index contributed by atoms with van der Waals surface area (Å²) in [5.74, 6) is 0. The van der Waals surface area contributed by atoms with Crippen LogP contribution in [0.1, 0.15) is 65.3 Å². The molecule has 25 heavy (non-hydrogen) atoms. The average molecular weight is 359 g/mol. The molecule has 0 bridgehead atoms. The number of fused-ring (bicyclic) bond motifs is 1. The number of halogens is 3. The number of rotatable bonds is 1. The van der Waals surface area contributed by atoms with Gasteiger partial charge in [-0.1, -0.05) is 13.8 Å². The van der Waals surface area contributed by atoms with Crippen LogP contribution in [0.25, 0.3) is 10.9 Å². The van der Waals surface area contributed by atoms with E-state index in [9.17, 15) is 13.2 Å².